The van der Waals surface area contributed by atoms with E-state index in [1.54, 1.807) is 0 Å². The monoisotopic (exact) mass is 266 g/mol. The minimum absolute atomic E-state index is 0. The molecule has 0 saturated heterocycles. The maximum atomic E-state index is 9.88. The van der Waals surface area contributed by atoms with Crippen molar-refractivity contribution in [3.63, 3.8) is 0 Å². The van der Waals surface area contributed by atoms with Gasteiger partial charge in [0.15, 0.2) is 0 Å². The van der Waals surface area contributed by atoms with E-state index in [0.29, 0.717) is 13.1 Å². The summed E-state index contributed by atoms with van der Waals surface area (Å²) in [5.74, 6) is 0. The number of ether oxygens (including phenoxy) is 1. The Labute approximate surface area is 136 Å². The Kier molecular flexibility index (Phi) is 22.9. The van der Waals surface area contributed by atoms with Crippen molar-refractivity contribution >= 4 is 36.0 Å². The van der Waals surface area contributed by atoms with Gasteiger partial charge in [-0.25, -0.2) is 0 Å². The number of hydrogen-bond acceptors (Lipinski definition) is 2. The molecule has 0 aromatic carbocycles. The molecule has 0 aromatic heterocycles. The van der Waals surface area contributed by atoms with Gasteiger partial charge in [-0.1, -0.05) is 77.6 Å². The van der Waals surface area contributed by atoms with E-state index < -0.39 is 0 Å². The molecule has 0 atom stereocenters. The quantitative estimate of drug-likeness (QED) is 0.267. The van der Waals surface area contributed by atoms with E-state index >= 15 is 0 Å². The first-order chi connectivity index (χ1) is 8.41. The Balaban J connectivity index is 0. The van der Waals surface area contributed by atoms with Crippen LogP contribution in [-0.4, -0.2) is 42.6 Å². The molecule has 0 fully saturated rings. The first kappa shape index (κ1) is 20.8. The topological polar surface area (TPSA) is 26.3 Å². The minimum atomic E-state index is 0. The second-order valence-corrected chi connectivity index (χ2v) is 4.86. The molecule has 3 heteroatoms. The molecule has 0 spiro atoms. The third kappa shape index (κ3) is 18.8. The predicted molar refractivity (Wildman–Crippen MR) is 80.2 cm³/mol. The van der Waals surface area contributed by atoms with Gasteiger partial charge in [-0.3, -0.25) is 4.79 Å². The van der Waals surface area contributed by atoms with Crippen molar-refractivity contribution in [3.8, 4) is 0 Å². The van der Waals surface area contributed by atoms with Gasteiger partial charge < -0.3 is 4.74 Å². The summed E-state index contributed by atoms with van der Waals surface area (Å²) in [6.45, 7) is 3.40. The summed E-state index contributed by atoms with van der Waals surface area (Å²) in [5, 5.41) is 0. The normalized spacial score (nSPS) is 9.83. The second kappa shape index (κ2) is 19.8. The van der Waals surface area contributed by atoms with Crippen LogP contribution in [0.5, 0.6) is 0 Å². The van der Waals surface area contributed by atoms with Crippen LogP contribution in [0.2, 0.25) is 0 Å². The van der Waals surface area contributed by atoms with Gasteiger partial charge in [0.05, 0.1) is 6.61 Å². The average Bonchev–Trinajstić information content (AvgIpc) is 2.35. The van der Waals surface area contributed by atoms with Crippen LogP contribution in [0.3, 0.4) is 0 Å². The average molecular weight is 266 g/mol. The van der Waals surface area contributed by atoms with E-state index in [-0.39, 0.29) is 29.6 Å². The zero-order chi connectivity index (χ0) is 12.6. The first-order valence-corrected chi connectivity index (χ1v) is 7.47. The van der Waals surface area contributed by atoms with Crippen molar-refractivity contribution in [3.05, 3.63) is 0 Å². The Morgan fingerprint density at radius 1 is 0.722 bits per heavy atom. The third-order valence-electron chi connectivity index (χ3n) is 3.18. The van der Waals surface area contributed by atoms with Crippen LogP contribution >= 0.6 is 0 Å². The Hall–Kier alpha value is 0.470. The van der Waals surface area contributed by atoms with E-state index in [2.05, 4.69) is 11.7 Å². The summed E-state index contributed by atoms with van der Waals surface area (Å²) in [6.07, 6.45) is 16.1. The van der Waals surface area contributed by atoms with Crippen LogP contribution in [0.1, 0.15) is 84.0 Å². The molecule has 0 amide bonds. The first-order valence-electron chi connectivity index (χ1n) is 7.47. The molecule has 0 unspecified atom stereocenters. The van der Waals surface area contributed by atoms with Gasteiger partial charge in [-0.2, -0.15) is 0 Å². The maximum absolute atomic E-state index is 9.88. The fourth-order valence-corrected chi connectivity index (χ4v) is 2.07. The number of rotatable bonds is 14. The Bertz CT molecular complexity index is 151. The molecule has 18 heavy (non-hydrogen) atoms. The molecule has 0 aromatic rings. The molecule has 0 radical (unpaired) electrons. The number of carbonyl (C=O) groups excluding carboxylic acids is 1. The molecule has 0 rings (SSSR count). The molecule has 0 bridgehead atoms. The van der Waals surface area contributed by atoms with E-state index in [1.807, 2.05) is 0 Å². The van der Waals surface area contributed by atoms with E-state index in [9.17, 15) is 4.79 Å². The van der Waals surface area contributed by atoms with Crippen molar-refractivity contribution in [2.75, 3.05) is 6.61 Å². The van der Waals surface area contributed by atoms with Gasteiger partial charge in [0.1, 0.15) is 0 Å². The van der Waals surface area contributed by atoms with Crippen LogP contribution in [0.15, 0.2) is 0 Å². The summed E-state index contributed by atoms with van der Waals surface area (Å²) < 4.78 is 4.64. The predicted octanol–water partition coefficient (Wildman–Crippen LogP) is 4.21. The molecule has 0 aliphatic rings. The molecular weight excluding hydrogens is 235 g/mol. The van der Waals surface area contributed by atoms with Crippen molar-refractivity contribution in [1.29, 1.82) is 0 Å². The van der Waals surface area contributed by atoms with Crippen LogP contribution < -0.4 is 0 Å². The molecule has 2 nitrogen and oxygen atoms in total. The van der Waals surface area contributed by atoms with Crippen molar-refractivity contribution in [2.45, 2.75) is 84.0 Å². The fourth-order valence-electron chi connectivity index (χ4n) is 2.07. The number of hydrogen-bond donors (Lipinski definition) is 0. The summed E-state index contributed by atoms with van der Waals surface area (Å²) in [4.78, 5) is 9.88. The van der Waals surface area contributed by atoms with Crippen molar-refractivity contribution in [2.24, 2.45) is 0 Å². The van der Waals surface area contributed by atoms with Crippen LogP contribution in [-0.2, 0) is 9.53 Å². The van der Waals surface area contributed by atoms with E-state index in [1.165, 1.54) is 70.6 Å². The third-order valence-corrected chi connectivity index (χ3v) is 3.18. The van der Waals surface area contributed by atoms with Gasteiger partial charge >= 0.3 is 29.6 Å². The van der Waals surface area contributed by atoms with Gasteiger partial charge in [0, 0.05) is 0 Å². The van der Waals surface area contributed by atoms with Crippen molar-refractivity contribution in [1.82, 2.24) is 0 Å². The molecule has 104 valence electrons. The van der Waals surface area contributed by atoms with Gasteiger partial charge in [-0.15, -0.1) is 0 Å². The summed E-state index contributed by atoms with van der Waals surface area (Å²) in [5.41, 5.74) is 0. The standard InChI is InChI=1S/C15H30O2.Na.H/c1-2-3-4-5-6-7-8-9-10-11-12-13-14-17-15-16;;/h15H,2-14H2,1H3;;. The fraction of sp³-hybridized carbons (Fsp3) is 0.933. The van der Waals surface area contributed by atoms with Gasteiger partial charge in [0.2, 0.25) is 0 Å². The van der Waals surface area contributed by atoms with Gasteiger partial charge in [-0.05, 0) is 6.42 Å². The Morgan fingerprint density at radius 3 is 1.50 bits per heavy atom. The van der Waals surface area contributed by atoms with Gasteiger partial charge in [0.25, 0.3) is 6.47 Å². The van der Waals surface area contributed by atoms with E-state index in [0.717, 1.165) is 6.42 Å². The number of unbranched alkanes of at least 4 members (excludes halogenated alkanes) is 11. The zero-order valence-electron chi connectivity index (χ0n) is 11.6. The van der Waals surface area contributed by atoms with Crippen LogP contribution in [0, 0.1) is 0 Å². The summed E-state index contributed by atoms with van der Waals surface area (Å²) in [7, 11) is 0. The summed E-state index contributed by atoms with van der Waals surface area (Å²) in [6, 6.07) is 0. The molecule has 0 saturated carbocycles. The van der Waals surface area contributed by atoms with Crippen LogP contribution in [0.25, 0.3) is 0 Å². The molecule has 0 aliphatic heterocycles. The number of carbonyl (C=O) groups is 1. The van der Waals surface area contributed by atoms with Crippen molar-refractivity contribution < 1.29 is 9.53 Å². The molecular formula is C15H31NaO2. The Morgan fingerprint density at radius 2 is 1.11 bits per heavy atom. The zero-order valence-corrected chi connectivity index (χ0v) is 11.6. The molecule has 0 N–H and O–H groups in total. The van der Waals surface area contributed by atoms with Crippen LogP contribution in [0.4, 0.5) is 0 Å². The molecule has 0 aliphatic carbocycles. The summed E-state index contributed by atoms with van der Waals surface area (Å²) >= 11 is 0. The molecule has 0 heterocycles. The second-order valence-electron chi connectivity index (χ2n) is 4.86. The SMILES string of the molecule is CCCCCCCCCCCCCCOC=O.[NaH]. The van der Waals surface area contributed by atoms with E-state index in [4.69, 9.17) is 0 Å².